The Morgan fingerprint density at radius 2 is 1.85 bits per heavy atom. The van der Waals surface area contributed by atoms with Gasteiger partial charge in [0.15, 0.2) is 13.2 Å². The highest BCUT2D eigenvalue weighted by Gasteiger charge is 2.24. The number of nitrogens with one attached hydrogen (secondary N) is 2. The maximum Gasteiger partial charge on any atom is 0.329 e. The number of aromatic amines is 1. The normalized spacial score (nSPS) is 11.7. The van der Waals surface area contributed by atoms with Crippen molar-refractivity contribution >= 4 is 40.3 Å². The van der Waals surface area contributed by atoms with Crippen LogP contribution in [0, 0.1) is 0 Å². The van der Waals surface area contributed by atoms with Crippen LogP contribution in [0.2, 0.25) is 0 Å². The fourth-order valence-corrected chi connectivity index (χ4v) is 3.92. The lowest BCUT2D eigenvalue weighted by atomic mass is 10.1. The van der Waals surface area contributed by atoms with Crippen LogP contribution in [-0.2, 0) is 20.7 Å². The highest BCUT2D eigenvalue weighted by molar-refractivity contribution is 7.98. The van der Waals surface area contributed by atoms with Crippen LogP contribution in [0.1, 0.15) is 29.3 Å². The van der Waals surface area contributed by atoms with E-state index in [9.17, 15) is 14.4 Å². The number of aromatic nitrogens is 1. The molecule has 0 radical (unpaired) electrons. The number of carbonyl (C=O) groups excluding carboxylic acids is 3. The molecule has 0 bridgehead atoms. The molecule has 3 rings (SSSR count). The number of thioether (sulfide) groups is 1. The van der Waals surface area contributed by atoms with E-state index < -0.39 is 24.5 Å². The summed E-state index contributed by atoms with van der Waals surface area (Å²) in [5, 5.41) is 3.46. The number of amides is 1. The van der Waals surface area contributed by atoms with Gasteiger partial charge < -0.3 is 19.8 Å². The van der Waals surface area contributed by atoms with Crippen LogP contribution in [0.4, 0.5) is 0 Å². The standard InChI is InChI=1S/C25H28N2O5S/c1-3-17-8-7-11-19-20(14-26-24(17)19)22(28)15-32-25(30)21(12-13-33-2)27-23(29)16-31-18-9-5-4-6-10-18/h4-11,14,21,26H,3,12-13,15-16H2,1-2H3,(H,27,29)/t21-/m1/s1. The van der Waals surface area contributed by atoms with Gasteiger partial charge in [-0.3, -0.25) is 9.59 Å². The molecule has 0 aliphatic heterocycles. The van der Waals surface area contributed by atoms with E-state index in [0.29, 0.717) is 23.5 Å². The Kier molecular flexibility index (Phi) is 8.95. The molecule has 0 fully saturated rings. The molecule has 2 N–H and O–H groups in total. The molecule has 8 heteroatoms. The second-order valence-electron chi connectivity index (χ2n) is 7.43. The fraction of sp³-hybridized carbons (Fsp3) is 0.320. The van der Waals surface area contributed by atoms with Crippen molar-refractivity contribution in [2.45, 2.75) is 25.8 Å². The summed E-state index contributed by atoms with van der Waals surface area (Å²) < 4.78 is 10.7. The first kappa shape index (κ1) is 24.4. The number of H-pyrrole nitrogens is 1. The monoisotopic (exact) mass is 468 g/mol. The Morgan fingerprint density at radius 3 is 2.58 bits per heavy atom. The predicted molar refractivity (Wildman–Crippen MR) is 130 cm³/mol. The first-order chi connectivity index (χ1) is 16.0. The smallest absolute Gasteiger partial charge is 0.329 e. The molecule has 1 amide bonds. The zero-order valence-corrected chi connectivity index (χ0v) is 19.6. The summed E-state index contributed by atoms with van der Waals surface area (Å²) >= 11 is 1.55. The van der Waals surface area contributed by atoms with Crippen molar-refractivity contribution in [1.29, 1.82) is 0 Å². The number of hydrogen-bond donors (Lipinski definition) is 2. The number of Topliss-reactive ketones (excluding diaryl/α,β-unsaturated/α-hetero) is 1. The lowest BCUT2D eigenvalue weighted by molar-refractivity contribution is -0.147. The van der Waals surface area contributed by atoms with E-state index >= 15 is 0 Å². The minimum Gasteiger partial charge on any atom is -0.484 e. The maximum absolute atomic E-state index is 12.7. The molecule has 1 aromatic heterocycles. The molecule has 1 atom stereocenters. The number of rotatable bonds is 12. The Labute approximate surface area is 197 Å². The summed E-state index contributed by atoms with van der Waals surface area (Å²) in [5.41, 5.74) is 2.51. The highest BCUT2D eigenvalue weighted by atomic mass is 32.2. The third kappa shape index (κ3) is 6.61. The lowest BCUT2D eigenvalue weighted by Crippen LogP contribution is -2.44. The number of hydrogen-bond acceptors (Lipinski definition) is 6. The molecular weight excluding hydrogens is 440 g/mol. The second-order valence-corrected chi connectivity index (χ2v) is 8.42. The van der Waals surface area contributed by atoms with Gasteiger partial charge in [0.25, 0.3) is 5.91 Å². The Morgan fingerprint density at radius 1 is 1.06 bits per heavy atom. The number of esters is 1. The molecule has 174 valence electrons. The summed E-state index contributed by atoms with van der Waals surface area (Å²) in [4.78, 5) is 40.8. The highest BCUT2D eigenvalue weighted by Crippen LogP contribution is 2.22. The van der Waals surface area contributed by atoms with E-state index in [0.717, 1.165) is 22.9 Å². The lowest BCUT2D eigenvalue weighted by Gasteiger charge is -2.17. The zero-order valence-electron chi connectivity index (χ0n) is 18.8. The molecule has 0 aliphatic rings. The number of ketones is 1. The van der Waals surface area contributed by atoms with Gasteiger partial charge in [-0.25, -0.2) is 4.79 Å². The first-order valence-electron chi connectivity index (χ1n) is 10.8. The second kappa shape index (κ2) is 12.1. The number of carbonyl (C=O) groups is 3. The summed E-state index contributed by atoms with van der Waals surface area (Å²) in [6.07, 6.45) is 4.78. The van der Waals surface area contributed by atoms with Gasteiger partial charge in [-0.05, 0) is 42.5 Å². The van der Waals surface area contributed by atoms with Crippen molar-refractivity contribution < 1.29 is 23.9 Å². The van der Waals surface area contributed by atoms with E-state index in [1.807, 2.05) is 37.4 Å². The number of aryl methyl sites for hydroxylation is 1. The molecule has 0 unspecified atom stereocenters. The molecule has 3 aromatic rings. The predicted octanol–water partition coefficient (Wildman–Crippen LogP) is 3.77. The van der Waals surface area contributed by atoms with Gasteiger partial charge in [0.2, 0.25) is 5.78 Å². The summed E-state index contributed by atoms with van der Waals surface area (Å²) in [6, 6.07) is 13.9. The van der Waals surface area contributed by atoms with E-state index in [1.54, 1.807) is 42.2 Å². The van der Waals surface area contributed by atoms with Crippen molar-refractivity contribution in [3.05, 3.63) is 65.9 Å². The average molecular weight is 469 g/mol. The molecule has 2 aromatic carbocycles. The molecule has 7 nitrogen and oxygen atoms in total. The summed E-state index contributed by atoms with van der Waals surface area (Å²) in [6.45, 7) is 1.43. The van der Waals surface area contributed by atoms with Crippen LogP contribution in [0.5, 0.6) is 5.75 Å². The topological polar surface area (TPSA) is 97.5 Å². The van der Waals surface area contributed by atoms with Gasteiger partial charge in [0.05, 0.1) is 0 Å². The summed E-state index contributed by atoms with van der Waals surface area (Å²) in [7, 11) is 0. The quantitative estimate of drug-likeness (QED) is 0.310. The fourth-order valence-electron chi connectivity index (χ4n) is 3.44. The Bertz CT molecular complexity index is 1100. The van der Waals surface area contributed by atoms with Gasteiger partial charge in [-0.1, -0.05) is 43.3 Å². The van der Waals surface area contributed by atoms with Crippen molar-refractivity contribution in [1.82, 2.24) is 10.3 Å². The molecule has 1 heterocycles. The van der Waals surface area contributed by atoms with Crippen molar-refractivity contribution in [2.75, 3.05) is 25.2 Å². The Hall–Kier alpha value is -3.26. The van der Waals surface area contributed by atoms with Gasteiger partial charge in [-0.15, -0.1) is 0 Å². The van der Waals surface area contributed by atoms with E-state index in [1.165, 1.54) is 0 Å². The van der Waals surface area contributed by atoms with Crippen LogP contribution in [0.15, 0.2) is 54.7 Å². The van der Waals surface area contributed by atoms with E-state index in [-0.39, 0.29) is 12.4 Å². The number of fused-ring (bicyclic) bond motifs is 1. The SMILES string of the molecule is CCc1cccc2c(C(=O)COC(=O)[C@@H](CCSC)NC(=O)COc3ccccc3)c[nH]c12. The zero-order chi connectivity index (χ0) is 23.6. The minimum atomic E-state index is -0.855. The number of benzene rings is 2. The molecule has 0 spiro atoms. The van der Waals surface area contributed by atoms with Gasteiger partial charge in [-0.2, -0.15) is 11.8 Å². The van der Waals surface area contributed by atoms with Gasteiger partial charge in [0.1, 0.15) is 11.8 Å². The van der Waals surface area contributed by atoms with Crippen LogP contribution >= 0.6 is 11.8 Å². The summed E-state index contributed by atoms with van der Waals surface area (Å²) in [5.74, 6) is -0.163. The molecule has 33 heavy (non-hydrogen) atoms. The molecule has 0 saturated carbocycles. The van der Waals surface area contributed by atoms with Crippen molar-refractivity contribution in [3.63, 3.8) is 0 Å². The van der Waals surface area contributed by atoms with E-state index in [4.69, 9.17) is 9.47 Å². The number of para-hydroxylation sites is 2. The first-order valence-corrected chi connectivity index (χ1v) is 12.2. The van der Waals surface area contributed by atoms with E-state index in [2.05, 4.69) is 10.3 Å². The van der Waals surface area contributed by atoms with Gasteiger partial charge >= 0.3 is 5.97 Å². The average Bonchev–Trinajstić information content (AvgIpc) is 3.28. The molecular formula is C25H28N2O5S. The molecule has 0 aliphatic carbocycles. The van der Waals surface area contributed by atoms with Crippen LogP contribution in [0.25, 0.3) is 10.9 Å². The number of ether oxygens (including phenoxy) is 2. The minimum absolute atomic E-state index is 0.221. The third-order valence-electron chi connectivity index (χ3n) is 5.17. The van der Waals surface area contributed by atoms with Gasteiger partial charge in [0, 0.05) is 22.7 Å². The van der Waals surface area contributed by atoms with Crippen LogP contribution in [-0.4, -0.2) is 53.9 Å². The van der Waals surface area contributed by atoms with Crippen LogP contribution < -0.4 is 10.1 Å². The van der Waals surface area contributed by atoms with Crippen LogP contribution in [0.3, 0.4) is 0 Å². The third-order valence-corrected chi connectivity index (χ3v) is 5.82. The Balaban J connectivity index is 1.58. The molecule has 0 saturated heterocycles. The van der Waals surface area contributed by atoms with Crippen molar-refractivity contribution in [3.8, 4) is 5.75 Å². The largest absolute Gasteiger partial charge is 0.484 e. The van der Waals surface area contributed by atoms with Crippen molar-refractivity contribution in [2.24, 2.45) is 0 Å². The maximum atomic E-state index is 12.7.